The van der Waals surface area contributed by atoms with Gasteiger partial charge in [-0.15, -0.1) is 0 Å². The number of fused-ring (bicyclic) bond motifs is 1. The summed E-state index contributed by atoms with van der Waals surface area (Å²) in [5.74, 6) is -1.12. The minimum Gasteiger partial charge on any atom is -0.364 e. The molecule has 1 aromatic carbocycles. The Labute approximate surface area is 178 Å². The van der Waals surface area contributed by atoms with Crippen molar-refractivity contribution in [2.75, 3.05) is 46.8 Å². The van der Waals surface area contributed by atoms with Gasteiger partial charge in [-0.3, -0.25) is 9.59 Å². The van der Waals surface area contributed by atoms with Crippen molar-refractivity contribution in [3.8, 4) is 0 Å². The normalized spacial score (nSPS) is 16.1. The number of amides is 2. The first-order valence-electron chi connectivity index (χ1n) is 9.15. The van der Waals surface area contributed by atoms with Crippen LogP contribution in [0.15, 0.2) is 27.6 Å². The molecule has 0 atom stereocenters. The van der Waals surface area contributed by atoms with Crippen LogP contribution in [0.4, 0.5) is 0 Å². The Morgan fingerprint density at radius 1 is 1.31 bits per heavy atom. The predicted molar refractivity (Wildman–Crippen MR) is 113 cm³/mol. The highest BCUT2D eigenvalue weighted by atomic mass is 79.9. The Balaban J connectivity index is 1.89. The monoisotopic (exact) mass is 485 g/mol. The van der Waals surface area contributed by atoms with Crippen LogP contribution >= 0.6 is 15.9 Å². The fraction of sp³-hybridized carbons (Fsp3) is 0.444. The van der Waals surface area contributed by atoms with Gasteiger partial charge in [-0.2, -0.15) is 4.31 Å². The molecule has 0 unspecified atom stereocenters. The lowest BCUT2D eigenvalue weighted by Gasteiger charge is -2.33. The van der Waals surface area contributed by atoms with Gasteiger partial charge in [0.2, 0.25) is 15.9 Å². The zero-order valence-corrected chi connectivity index (χ0v) is 18.7. The third-order valence-electron chi connectivity index (χ3n) is 4.87. The first-order chi connectivity index (χ1) is 13.6. The minimum absolute atomic E-state index is 0.162. The summed E-state index contributed by atoms with van der Waals surface area (Å²) in [5.41, 5.74) is 5.73. The van der Waals surface area contributed by atoms with Crippen LogP contribution in [0.1, 0.15) is 16.9 Å². The number of H-pyrrole nitrogens is 1. The highest BCUT2D eigenvalue weighted by Crippen LogP contribution is 2.32. The van der Waals surface area contributed by atoms with Gasteiger partial charge in [0.05, 0.1) is 6.54 Å². The van der Waals surface area contributed by atoms with E-state index >= 15 is 0 Å². The zero-order valence-electron chi connectivity index (χ0n) is 16.3. The number of rotatable bonds is 7. The van der Waals surface area contributed by atoms with Crippen molar-refractivity contribution in [3.05, 3.63) is 28.4 Å². The number of halogens is 1. The largest absolute Gasteiger partial charge is 0.364 e. The van der Waals surface area contributed by atoms with E-state index in [9.17, 15) is 18.0 Å². The third kappa shape index (κ3) is 4.47. The average molecular weight is 486 g/mol. The topological polar surface area (TPSA) is 120 Å². The molecule has 9 nitrogen and oxygen atoms in total. The van der Waals surface area contributed by atoms with Gasteiger partial charge in [-0.05, 0) is 45.3 Å². The second kappa shape index (κ2) is 8.42. The molecule has 2 heterocycles. The fourth-order valence-electron chi connectivity index (χ4n) is 3.42. The molecule has 0 spiro atoms. The van der Waals surface area contributed by atoms with E-state index in [1.54, 1.807) is 23.1 Å². The number of hydrogen-bond acceptors (Lipinski definition) is 5. The van der Waals surface area contributed by atoms with Crippen LogP contribution in [0.2, 0.25) is 0 Å². The molecule has 158 valence electrons. The van der Waals surface area contributed by atoms with Gasteiger partial charge in [-0.25, -0.2) is 8.42 Å². The number of piperazine rings is 1. The summed E-state index contributed by atoms with van der Waals surface area (Å²) < 4.78 is 28.5. The van der Waals surface area contributed by atoms with Crippen LogP contribution in [0.25, 0.3) is 10.9 Å². The first kappa shape index (κ1) is 21.8. The maximum atomic E-state index is 13.4. The van der Waals surface area contributed by atoms with Crippen molar-refractivity contribution in [2.45, 2.75) is 11.3 Å². The molecule has 11 heteroatoms. The van der Waals surface area contributed by atoms with Crippen LogP contribution in [0.5, 0.6) is 0 Å². The molecule has 3 rings (SSSR count). The molecule has 29 heavy (non-hydrogen) atoms. The number of aromatic amines is 1. The van der Waals surface area contributed by atoms with Crippen LogP contribution in [-0.4, -0.2) is 86.1 Å². The molecule has 0 radical (unpaired) electrons. The second-order valence-corrected chi connectivity index (χ2v) is 10.0. The molecule has 2 aromatic rings. The number of primary amides is 1. The van der Waals surface area contributed by atoms with Gasteiger partial charge in [0, 0.05) is 35.0 Å². The first-order valence-corrected chi connectivity index (χ1v) is 11.4. The Morgan fingerprint density at radius 3 is 2.66 bits per heavy atom. The van der Waals surface area contributed by atoms with Gasteiger partial charge in [0.15, 0.2) is 0 Å². The average Bonchev–Trinajstić information content (AvgIpc) is 3.02. The quantitative estimate of drug-likeness (QED) is 0.601. The molecule has 0 saturated carbocycles. The Kier molecular flexibility index (Phi) is 6.32. The second-order valence-electron chi connectivity index (χ2n) is 7.26. The number of nitrogens with two attached hydrogens (primary N) is 1. The van der Waals surface area contributed by atoms with E-state index in [-0.39, 0.29) is 29.6 Å². The van der Waals surface area contributed by atoms with Crippen molar-refractivity contribution in [2.24, 2.45) is 5.73 Å². The van der Waals surface area contributed by atoms with Gasteiger partial charge >= 0.3 is 0 Å². The lowest BCUT2D eigenvalue weighted by atomic mass is 10.2. The Morgan fingerprint density at radius 2 is 2.03 bits per heavy atom. The van der Waals surface area contributed by atoms with E-state index in [2.05, 4.69) is 20.9 Å². The molecule has 1 aliphatic heterocycles. The van der Waals surface area contributed by atoms with E-state index in [0.29, 0.717) is 28.5 Å². The maximum Gasteiger partial charge on any atom is 0.266 e. The number of aromatic nitrogens is 1. The molecule has 1 saturated heterocycles. The number of carbonyl (C=O) groups is 2. The number of carbonyl (C=O) groups excluding carboxylic acids is 2. The molecule has 1 fully saturated rings. The van der Waals surface area contributed by atoms with Crippen LogP contribution < -0.4 is 5.73 Å². The van der Waals surface area contributed by atoms with Gasteiger partial charge in [-0.1, -0.05) is 15.9 Å². The van der Waals surface area contributed by atoms with E-state index in [1.165, 1.54) is 0 Å². The summed E-state index contributed by atoms with van der Waals surface area (Å²) in [7, 11) is -0.182. The zero-order chi connectivity index (χ0) is 21.3. The van der Waals surface area contributed by atoms with Crippen molar-refractivity contribution in [1.29, 1.82) is 0 Å². The number of hydrogen-bond donors (Lipinski definition) is 2. The smallest absolute Gasteiger partial charge is 0.266 e. The van der Waals surface area contributed by atoms with Crippen molar-refractivity contribution in [3.63, 3.8) is 0 Å². The standard InChI is InChI=1S/C18H24BrN5O4S/c1-22(2)6-3-7-23-8-9-24(11-15(23)25)29(27,28)17-13-10-12(19)4-5-14(13)21-16(17)18(20)26/h4-5,10,21H,3,6-9,11H2,1-2H3,(H2,20,26). The highest BCUT2D eigenvalue weighted by Gasteiger charge is 2.37. The van der Waals surface area contributed by atoms with Crippen LogP contribution in [-0.2, 0) is 14.8 Å². The molecular weight excluding hydrogens is 462 g/mol. The fourth-order valence-corrected chi connectivity index (χ4v) is 5.49. The van der Waals surface area contributed by atoms with Gasteiger partial charge in [0.1, 0.15) is 10.6 Å². The van der Waals surface area contributed by atoms with Crippen LogP contribution in [0.3, 0.4) is 0 Å². The highest BCUT2D eigenvalue weighted by molar-refractivity contribution is 9.10. The van der Waals surface area contributed by atoms with Gasteiger partial charge in [0.25, 0.3) is 5.91 Å². The number of nitrogens with zero attached hydrogens (tertiary/aromatic N) is 3. The SMILES string of the molecule is CN(C)CCCN1CCN(S(=O)(=O)c2c(C(N)=O)[nH]c3ccc(Br)cc23)CC1=O. The van der Waals surface area contributed by atoms with Crippen LogP contribution in [0, 0.1) is 0 Å². The summed E-state index contributed by atoms with van der Waals surface area (Å²) in [6, 6.07) is 5.01. The van der Waals surface area contributed by atoms with E-state index < -0.39 is 15.9 Å². The van der Waals surface area contributed by atoms with Crippen molar-refractivity contribution < 1.29 is 18.0 Å². The number of benzene rings is 1. The molecule has 0 bridgehead atoms. The van der Waals surface area contributed by atoms with E-state index in [1.807, 2.05) is 19.0 Å². The van der Waals surface area contributed by atoms with Crippen molar-refractivity contribution in [1.82, 2.24) is 19.1 Å². The molecule has 1 aromatic heterocycles. The number of nitrogens with one attached hydrogen (secondary N) is 1. The summed E-state index contributed by atoms with van der Waals surface area (Å²) in [4.78, 5) is 30.8. The molecule has 1 aliphatic rings. The van der Waals surface area contributed by atoms with Crippen molar-refractivity contribution >= 4 is 48.7 Å². The lowest BCUT2D eigenvalue weighted by molar-refractivity contribution is -0.134. The third-order valence-corrected chi connectivity index (χ3v) is 7.30. The summed E-state index contributed by atoms with van der Waals surface area (Å²) in [6.07, 6.45) is 0.813. The minimum atomic E-state index is -4.10. The van der Waals surface area contributed by atoms with E-state index in [4.69, 9.17) is 5.73 Å². The molecule has 2 amide bonds. The summed E-state index contributed by atoms with van der Waals surface area (Å²) in [6.45, 7) is 1.64. The predicted octanol–water partition coefficient (Wildman–Crippen LogP) is 0.814. The Hall–Kier alpha value is -1.95. The maximum absolute atomic E-state index is 13.4. The molecule has 0 aliphatic carbocycles. The molecular formula is C18H24BrN5O4S. The van der Waals surface area contributed by atoms with Gasteiger partial charge < -0.3 is 20.5 Å². The molecule has 3 N–H and O–H groups in total. The van der Waals surface area contributed by atoms with E-state index in [0.717, 1.165) is 17.3 Å². The Bertz CT molecular complexity index is 1050. The number of sulfonamides is 1. The summed E-state index contributed by atoms with van der Waals surface area (Å²) in [5, 5.41) is 0.356. The lowest BCUT2D eigenvalue weighted by Crippen LogP contribution is -2.52. The summed E-state index contributed by atoms with van der Waals surface area (Å²) >= 11 is 3.32.